The third-order valence-electron chi connectivity index (χ3n) is 1.22. The lowest BCUT2D eigenvalue weighted by molar-refractivity contribution is 0.643. The van der Waals surface area contributed by atoms with Crippen LogP contribution in [0.15, 0.2) is 17.3 Å². The minimum absolute atomic E-state index is 0.909. The van der Waals surface area contributed by atoms with Gasteiger partial charge in [0.1, 0.15) is 0 Å². The quantitative estimate of drug-likeness (QED) is 0.372. The summed E-state index contributed by atoms with van der Waals surface area (Å²) in [6.45, 7) is 7.06. The van der Waals surface area contributed by atoms with Crippen LogP contribution in [-0.2, 0) is 0 Å². The Balaban J connectivity index is 3.64. The molecule has 0 bridgehead atoms. The van der Waals surface area contributed by atoms with E-state index in [1.807, 2.05) is 25.2 Å². The van der Waals surface area contributed by atoms with E-state index in [0.29, 0.717) is 0 Å². The van der Waals surface area contributed by atoms with Gasteiger partial charge in [-0.1, -0.05) is 25.7 Å². The van der Waals surface area contributed by atoms with E-state index in [-0.39, 0.29) is 0 Å². The fourth-order valence-electron chi connectivity index (χ4n) is 0.639. The van der Waals surface area contributed by atoms with Gasteiger partial charge in [0, 0.05) is 28.4 Å². The van der Waals surface area contributed by atoms with Gasteiger partial charge in [-0.25, -0.2) is 4.99 Å². The first-order chi connectivity index (χ1) is 5.42. The van der Waals surface area contributed by atoms with E-state index >= 15 is 0 Å². The highest BCUT2D eigenvalue weighted by Crippen LogP contribution is 2.07. The molecule has 0 N–H and O–H groups in total. The summed E-state index contributed by atoms with van der Waals surface area (Å²) in [6, 6.07) is 1.21. The van der Waals surface area contributed by atoms with Gasteiger partial charge in [-0.05, 0) is 6.04 Å². The summed E-state index contributed by atoms with van der Waals surface area (Å²) >= 11 is 0. The Bertz CT molecular complexity index is 166. The van der Waals surface area contributed by atoms with E-state index in [9.17, 15) is 0 Å². The molecule has 0 saturated carbocycles. The van der Waals surface area contributed by atoms with E-state index in [1.165, 1.54) is 6.04 Å². The Morgan fingerprint density at radius 1 is 1.25 bits per heavy atom. The first-order valence-electron chi connectivity index (χ1n) is 4.26. The second-order valence-electron chi connectivity index (χ2n) is 4.38. The molecule has 0 unspecified atom stereocenters. The lowest BCUT2D eigenvalue weighted by atomic mass is 10.7. The van der Waals surface area contributed by atoms with Gasteiger partial charge in [-0.15, -0.1) is 0 Å². The molecule has 0 aliphatic rings. The molecule has 0 aromatic rings. The van der Waals surface area contributed by atoms with Crippen molar-refractivity contribution in [1.29, 1.82) is 0 Å². The Hall–Kier alpha value is -0.573. The van der Waals surface area contributed by atoms with Crippen molar-refractivity contribution < 1.29 is 0 Å². The van der Waals surface area contributed by atoms with Crippen molar-refractivity contribution in [2.24, 2.45) is 4.99 Å². The molecule has 0 radical (unpaired) electrons. The molecule has 0 fully saturated rings. The van der Waals surface area contributed by atoms with Crippen LogP contribution in [0, 0.1) is 0 Å². The lowest BCUT2D eigenvalue weighted by Crippen LogP contribution is -2.17. The normalized spacial score (nSPS) is 13.1. The smallest absolute Gasteiger partial charge is 0.0899 e. The van der Waals surface area contributed by atoms with Crippen LogP contribution in [0.4, 0.5) is 0 Å². The summed E-state index contributed by atoms with van der Waals surface area (Å²) in [5.74, 6) is 0. The first kappa shape index (κ1) is 11.4. The second kappa shape index (κ2) is 5.14. The van der Waals surface area contributed by atoms with Crippen LogP contribution in [0.5, 0.6) is 0 Å². The van der Waals surface area contributed by atoms with E-state index in [1.54, 1.807) is 6.34 Å². The largest absolute Gasteiger partial charge is 0.369 e. The van der Waals surface area contributed by atoms with Gasteiger partial charge < -0.3 is 4.90 Å². The van der Waals surface area contributed by atoms with Gasteiger partial charge in [0.25, 0.3) is 0 Å². The Morgan fingerprint density at radius 3 is 2.25 bits per heavy atom. The third-order valence-corrected chi connectivity index (χ3v) is 2.68. The average molecular weight is 184 g/mol. The molecule has 0 saturated heterocycles. The Kier molecular flexibility index (Phi) is 4.89. The number of aliphatic imine (C=N–C) groups is 1. The minimum atomic E-state index is -0.909. The molecule has 2 nitrogen and oxygen atoms in total. The van der Waals surface area contributed by atoms with Crippen LogP contribution in [0.2, 0.25) is 25.7 Å². The predicted octanol–water partition coefficient (Wildman–Crippen LogP) is 2.43. The van der Waals surface area contributed by atoms with E-state index in [0.717, 1.165) is 0 Å². The molecule has 12 heavy (non-hydrogen) atoms. The zero-order valence-electron chi connectivity index (χ0n) is 8.83. The molecule has 0 aromatic heterocycles. The van der Waals surface area contributed by atoms with Crippen LogP contribution in [0.1, 0.15) is 0 Å². The molecule has 0 amide bonds. The highest BCUT2D eigenvalue weighted by Gasteiger charge is 2.08. The summed E-state index contributed by atoms with van der Waals surface area (Å²) in [5, 5.41) is 0. The highest BCUT2D eigenvalue weighted by molar-refractivity contribution is 6.76. The molecule has 70 valence electrons. The molecule has 0 aliphatic carbocycles. The number of hydrogen-bond donors (Lipinski definition) is 0. The first-order valence-corrected chi connectivity index (χ1v) is 7.97. The highest BCUT2D eigenvalue weighted by atomic mass is 28.3. The summed E-state index contributed by atoms with van der Waals surface area (Å²) in [7, 11) is 3.03. The van der Waals surface area contributed by atoms with Gasteiger partial charge in [0.05, 0.1) is 6.34 Å². The molecule has 0 aliphatic heterocycles. The topological polar surface area (TPSA) is 15.6 Å². The Morgan fingerprint density at radius 2 is 1.83 bits per heavy atom. The minimum Gasteiger partial charge on any atom is -0.369 e. The van der Waals surface area contributed by atoms with Crippen molar-refractivity contribution in [1.82, 2.24) is 4.90 Å². The van der Waals surface area contributed by atoms with E-state index in [4.69, 9.17) is 0 Å². The third kappa shape index (κ3) is 9.43. The summed E-state index contributed by atoms with van der Waals surface area (Å²) in [4.78, 5) is 6.05. The van der Waals surface area contributed by atoms with Crippen LogP contribution < -0.4 is 0 Å². The molecule has 3 heteroatoms. The van der Waals surface area contributed by atoms with Crippen molar-refractivity contribution in [2.45, 2.75) is 25.7 Å². The average Bonchev–Trinajstić information content (AvgIpc) is 1.83. The molecule has 0 spiro atoms. The maximum absolute atomic E-state index is 4.12. The molecular formula is C9H20N2Si. The zero-order chi connectivity index (χ0) is 9.61. The molecule has 0 aromatic carbocycles. The maximum Gasteiger partial charge on any atom is 0.0899 e. The Labute approximate surface area is 77.0 Å². The molecule has 0 atom stereocenters. The number of hydrogen-bond acceptors (Lipinski definition) is 1. The van der Waals surface area contributed by atoms with Crippen LogP contribution in [0.3, 0.4) is 0 Å². The summed E-state index contributed by atoms with van der Waals surface area (Å²) in [5.41, 5.74) is 0. The van der Waals surface area contributed by atoms with Gasteiger partial charge in [-0.3, -0.25) is 0 Å². The van der Waals surface area contributed by atoms with Crippen molar-refractivity contribution in [3.63, 3.8) is 0 Å². The monoisotopic (exact) mass is 184 g/mol. The fraction of sp³-hybridized carbons (Fsp3) is 0.667. The molecule has 0 rings (SSSR count). The summed E-state index contributed by atoms with van der Waals surface area (Å²) in [6.07, 6.45) is 5.85. The van der Waals surface area contributed by atoms with Gasteiger partial charge in [0.2, 0.25) is 0 Å². The van der Waals surface area contributed by atoms with Crippen LogP contribution >= 0.6 is 0 Å². The van der Waals surface area contributed by atoms with Crippen molar-refractivity contribution in [2.75, 3.05) is 14.1 Å². The van der Waals surface area contributed by atoms with Crippen LogP contribution in [-0.4, -0.2) is 33.4 Å². The number of allylic oxidation sites excluding steroid dienone is 1. The van der Waals surface area contributed by atoms with Gasteiger partial charge >= 0.3 is 0 Å². The fourth-order valence-corrected chi connectivity index (χ4v) is 1.45. The maximum atomic E-state index is 4.12. The summed E-state index contributed by atoms with van der Waals surface area (Å²) < 4.78 is 0. The van der Waals surface area contributed by atoms with Gasteiger partial charge in [0.15, 0.2) is 0 Å². The number of rotatable bonds is 4. The van der Waals surface area contributed by atoms with Crippen LogP contribution in [0.25, 0.3) is 0 Å². The lowest BCUT2D eigenvalue weighted by Gasteiger charge is -2.10. The number of nitrogens with zero attached hydrogens (tertiary/aromatic N) is 2. The standard InChI is InChI=1S/C9H20N2Si/c1-11(2)9-10-7-6-8-12(3,4)5/h6-7,9H,8H2,1-5H3/b7-6+,10-9?. The molecular weight excluding hydrogens is 164 g/mol. The predicted molar refractivity (Wildman–Crippen MR) is 59.5 cm³/mol. The van der Waals surface area contributed by atoms with Gasteiger partial charge in [-0.2, -0.15) is 0 Å². The van der Waals surface area contributed by atoms with E-state index < -0.39 is 8.07 Å². The zero-order valence-corrected chi connectivity index (χ0v) is 9.83. The van der Waals surface area contributed by atoms with Crippen molar-refractivity contribution in [3.8, 4) is 0 Å². The second-order valence-corrected chi connectivity index (χ2v) is 9.91. The van der Waals surface area contributed by atoms with Crippen molar-refractivity contribution >= 4 is 14.4 Å². The van der Waals surface area contributed by atoms with E-state index in [2.05, 4.69) is 30.7 Å². The SMILES string of the molecule is CN(C)C=N/C=C/C[Si](C)(C)C. The molecule has 0 heterocycles. The van der Waals surface area contributed by atoms with Crippen molar-refractivity contribution in [3.05, 3.63) is 12.3 Å².